The molecular formula is C16H23BrN2O. The molecule has 1 aromatic carbocycles. The van der Waals surface area contributed by atoms with Gasteiger partial charge >= 0.3 is 0 Å². The van der Waals surface area contributed by atoms with E-state index in [1.54, 1.807) is 7.11 Å². The predicted octanol–water partition coefficient (Wildman–Crippen LogP) is 3.37. The zero-order valence-corrected chi connectivity index (χ0v) is 13.9. The first kappa shape index (κ1) is 15.5. The Kier molecular flexibility index (Phi) is 5.64. The van der Waals surface area contributed by atoms with Gasteiger partial charge in [0.1, 0.15) is 5.75 Å². The van der Waals surface area contributed by atoms with Crippen molar-refractivity contribution in [1.29, 1.82) is 0 Å². The van der Waals surface area contributed by atoms with Gasteiger partial charge in [-0.05, 0) is 47.0 Å². The SMILES string of the molecule is C=C(C)C[C@H](c1ccc(OC)c(Br)c1)N1CCNCC1. The van der Waals surface area contributed by atoms with Gasteiger partial charge in [0, 0.05) is 32.2 Å². The summed E-state index contributed by atoms with van der Waals surface area (Å²) in [4.78, 5) is 2.54. The standard InChI is InChI=1S/C16H23BrN2O/c1-12(2)10-15(19-8-6-18-7-9-19)13-4-5-16(20-3)14(17)11-13/h4-5,11,15,18H,1,6-10H2,2-3H3/t15-/m1/s1. The minimum atomic E-state index is 0.400. The number of nitrogens with zero attached hydrogens (tertiary/aromatic N) is 1. The summed E-state index contributed by atoms with van der Waals surface area (Å²) < 4.78 is 6.33. The summed E-state index contributed by atoms with van der Waals surface area (Å²) in [6.45, 7) is 10.5. The van der Waals surface area contributed by atoms with Crippen LogP contribution in [0.1, 0.15) is 24.9 Å². The average molecular weight is 339 g/mol. The van der Waals surface area contributed by atoms with E-state index in [0.29, 0.717) is 6.04 Å². The Hall–Kier alpha value is -0.840. The summed E-state index contributed by atoms with van der Waals surface area (Å²) in [5, 5.41) is 3.41. The third-order valence-corrected chi connectivity index (χ3v) is 4.31. The number of ether oxygens (including phenoxy) is 1. The van der Waals surface area contributed by atoms with Crippen LogP contribution in [0.25, 0.3) is 0 Å². The van der Waals surface area contributed by atoms with Crippen molar-refractivity contribution < 1.29 is 4.74 Å². The molecule has 1 N–H and O–H groups in total. The Morgan fingerprint density at radius 3 is 2.70 bits per heavy atom. The third-order valence-electron chi connectivity index (χ3n) is 3.69. The zero-order valence-electron chi connectivity index (χ0n) is 12.3. The molecule has 2 rings (SSSR count). The molecule has 1 atom stereocenters. The lowest BCUT2D eigenvalue weighted by atomic mass is 9.98. The summed E-state index contributed by atoms with van der Waals surface area (Å²) >= 11 is 3.59. The second kappa shape index (κ2) is 7.25. The van der Waals surface area contributed by atoms with Crippen LogP contribution in [0.2, 0.25) is 0 Å². The monoisotopic (exact) mass is 338 g/mol. The molecular weight excluding hydrogens is 316 g/mol. The van der Waals surface area contributed by atoms with E-state index in [4.69, 9.17) is 4.74 Å². The minimum absolute atomic E-state index is 0.400. The first-order valence-electron chi connectivity index (χ1n) is 7.04. The van der Waals surface area contributed by atoms with E-state index < -0.39 is 0 Å². The van der Waals surface area contributed by atoms with Crippen LogP contribution in [0.3, 0.4) is 0 Å². The smallest absolute Gasteiger partial charge is 0.133 e. The van der Waals surface area contributed by atoms with Crippen LogP contribution in [0, 0.1) is 0 Å². The molecule has 0 unspecified atom stereocenters. The maximum Gasteiger partial charge on any atom is 0.133 e. The number of rotatable bonds is 5. The van der Waals surface area contributed by atoms with E-state index >= 15 is 0 Å². The molecule has 0 spiro atoms. The van der Waals surface area contributed by atoms with Crippen molar-refractivity contribution in [2.75, 3.05) is 33.3 Å². The first-order chi connectivity index (χ1) is 9.61. The molecule has 1 aromatic rings. The quantitative estimate of drug-likeness (QED) is 0.833. The minimum Gasteiger partial charge on any atom is -0.496 e. The molecule has 3 nitrogen and oxygen atoms in total. The molecule has 1 saturated heterocycles. The first-order valence-corrected chi connectivity index (χ1v) is 7.83. The molecule has 20 heavy (non-hydrogen) atoms. The normalized spacial score (nSPS) is 17.8. The molecule has 0 aliphatic carbocycles. The van der Waals surface area contributed by atoms with E-state index in [2.05, 4.69) is 51.8 Å². The van der Waals surface area contributed by atoms with E-state index in [-0.39, 0.29) is 0 Å². The largest absolute Gasteiger partial charge is 0.496 e. The number of benzene rings is 1. The number of halogens is 1. The Balaban J connectivity index is 2.25. The second-order valence-corrected chi connectivity index (χ2v) is 6.21. The van der Waals surface area contributed by atoms with Gasteiger partial charge < -0.3 is 10.1 Å². The van der Waals surface area contributed by atoms with Crippen LogP contribution < -0.4 is 10.1 Å². The van der Waals surface area contributed by atoms with Crippen molar-refractivity contribution >= 4 is 15.9 Å². The predicted molar refractivity (Wildman–Crippen MR) is 87.3 cm³/mol. The van der Waals surface area contributed by atoms with E-state index in [0.717, 1.165) is 42.8 Å². The van der Waals surface area contributed by atoms with Crippen molar-refractivity contribution in [3.05, 3.63) is 40.4 Å². The van der Waals surface area contributed by atoms with Gasteiger partial charge in [-0.2, -0.15) is 0 Å². The fraction of sp³-hybridized carbons (Fsp3) is 0.500. The molecule has 1 aliphatic rings. The Morgan fingerprint density at radius 1 is 1.45 bits per heavy atom. The molecule has 110 valence electrons. The highest BCUT2D eigenvalue weighted by molar-refractivity contribution is 9.10. The lowest BCUT2D eigenvalue weighted by Gasteiger charge is -2.35. The summed E-state index contributed by atoms with van der Waals surface area (Å²) in [5.74, 6) is 0.878. The van der Waals surface area contributed by atoms with Crippen LogP contribution >= 0.6 is 15.9 Å². The zero-order chi connectivity index (χ0) is 14.5. The maximum absolute atomic E-state index is 5.32. The number of methoxy groups -OCH3 is 1. The van der Waals surface area contributed by atoms with E-state index in [9.17, 15) is 0 Å². The molecule has 0 bridgehead atoms. The van der Waals surface area contributed by atoms with Crippen LogP contribution in [0.5, 0.6) is 5.75 Å². The molecule has 0 radical (unpaired) electrons. The van der Waals surface area contributed by atoms with Crippen LogP contribution in [-0.2, 0) is 0 Å². The van der Waals surface area contributed by atoms with Gasteiger partial charge in [-0.15, -0.1) is 6.58 Å². The van der Waals surface area contributed by atoms with Gasteiger partial charge in [0.15, 0.2) is 0 Å². The average Bonchev–Trinajstić information content (AvgIpc) is 2.45. The van der Waals surface area contributed by atoms with Crippen LogP contribution in [-0.4, -0.2) is 38.2 Å². The Bertz CT molecular complexity index is 470. The lowest BCUT2D eigenvalue weighted by molar-refractivity contribution is 0.172. The van der Waals surface area contributed by atoms with E-state index in [1.165, 1.54) is 11.1 Å². The second-order valence-electron chi connectivity index (χ2n) is 5.36. The van der Waals surface area contributed by atoms with Crippen molar-refractivity contribution in [3.63, 3.8) is 0 Å². The Labute approximate surface area is 130 Å². The highest BCUT2D eigenvalue weighted by atomic mass is 79.9. The molecule has 1 aliphatic heterocycles. The number of piperazine rings is 1. The summed E-state index contributed by atoms with van der Waals surface area (Å²) in [5.41, 5.74) is 2.54. The highest BCUT2D eigenvalue weighted by Gasteiger charge is 2.22. The maximum atomic E-state index is 5.32. The van der Waals surface area contributed by atoms with Gasteiger partial charge in [0.05, 0.1) is 11.6 Å². The van der Waals surface area contributed by atoms with Crippen molar-refractivity contribution in [2.45, 2.75) is 19.4 Å². The summed E-state index contributed by atoms with van der Waals surface area (Å²) in [7, 11) is 1.70. The fourth-order valence-electron chi connectivity index (χ4n) is 2.67. The molecule has 1 heterocycles. The molecule has 0 amide bonds. The molecule has 4 heteroatoms. The molecule has 0 saturated carbocycles. The molecule has 1 fully saturated rings. The van der Waals surface area contributed by atoms with Gasteiger partial charge in [-0.3, -0.25) is 4.90 Å². The van der Waals surface area contributed by atoms with Gasteiger partial charge in [-0.1, -0.05) is 11.6 Å². The lowest BCUT2D eigenvalue weighted by Crippen LogP contribution is -2.45. The van der Waals surface area contributed by atoms with Gasteiger partial charge in [0.2, 0.25) is 0 Å². The van der Waals surface area contributed by atoms with Crippen molar-refractivity contribution in [2.24, 2.45) is 0 Å². The number of hydrogen-bond donors (Lipinski definition) is 1. The van der Waals surface area contributed by atoms with Crippen molar-refractivity contribution in [1.82, 2.24) is 10.2 Å². The summed E-state index contributed by atoms with van der Waals surface area (Å²) in [6, 6.07) is 6.78. The Morgan fingerprint density at radius 2 is 2.15 bits per heavy atom. The van der Waals surface area contributed by atoms with Crippen molar-refractivity contribution in [3.8, 4) is 5.75 Å². The third kappa shape index (κ3) is 3.84. The van der Waals surface area contributed by atoms with Crippen LogP contribution in [0.15, 0.2) is 34.8 Å². The highest BCUT2D eigenvalue weighted by Crippen LogP contribution is 2.33. The fourth-order valence-corrected chi connectivity index (χ4v) is 3.23. The van der Waals surface area contributed by atoms with Gasteiger partial charge in [0.25, 0.3) is 0 Å². The summed E-state index contributed by atoms with van der Waals surface area (Å²) in [6.07, 6.45) is 0.999. The van der Waals surface area contributed by atoms with E-state index in [1.807, 2.05) is 6.07 Å². The van der Waals surface area contributed by atoms with Crippen LogP contribution in [0.4, 0.5) is 0 Å². The van der Waals surface area contributed by atoms with Gasteiger partial charge in [-0.25, -0.2) is 0 Å². The molecule has 0 aromatic heterocycles. The number of hydrogen-bond acceptors (Lipinski definition) is 3. The number of nitrogens with one attached hydrogen (secondary N) is 1. The topological polar surface area (TPSA) is 24.5 Å².